The Hall–Kier alpha value is -1.03. The molecule has 4 heteroatoms. The Labute approximate surface area is 108 Å². The first-order valence-electron chi connectivity index (χ1n) is 7.24. The van der Waals surface area contributed by atoms with Crippen molar-refractivity contribution in [1.82, 2.24) is 14.5 Å². The van der Waals surface area contributed by atoms with Crippen molar-refractivity contribution in [3.8, 4) is 0 Å². The second kappa shape index (κ2) is 4.92. The summed E-state index contributed by atoms with van der Waals surface area (Å²) < 4.78 is 3.80. The van der Waals surface area contributed by atoms with Crippen molar-refractivity contribution in [2.24, 2.45) is 5.92 Å². The number of hydrogen-bond donors (Lipinski definition) is 1. The first kappa shape index (κ1) is 12.0. The zero-order valence-electron chi connectivity index (χ0n) is 11.1. The lowest BCUT2D eigenvalue weighted by molar-refractivity contribution is 0.375. The molecule has 2 unspecified atom stereocenters. The predicted molar refractivity (Wildman–Crippen MR) is 71.8 cm³/mol. The molecule has 0 aromatic carbocycles. The van der Waals surface area contributed by atoms with Gasteiger partial charge in [-0.05, 0) is 45.1 Å². The molecule has 2 atom stereocenters. The molecule has 1 heterocycles. The van der Waals surface area contributed by atoms with Crippen molar-refractivity contribution in [2.45, 2.75) is 57.2 Å². The molecule has 2 aliphatic carbocycles. The zero-order chi connectivity index (χ0) is 12.5. The predicted octanol–water partition coefficient (Wildman–Crippen LogP) is 1.76. The Kier molecular flexibility index (Phi) is 3.29. The number of nitrogens with zero attached hydrogens (tertiary/aromatic N) is 2. The van der Waals surface area contributed by atoms with Gasteiger partial charge in [0.25, 0.3) is 0 Å². The minimum absolute atomic E-state index is 0.191. The average molecular weight is 249 g/mol. The normalized spacial score (nSPS) is 27.8. The molecule has 18 heavy (non-hydrogen) atoms. The van der Waals surface area contributed by atoms with E-state index in [0.717, 1.165) is 18.9 Å². The van der Waals surface area contributed by atoms with E-state index in [4.69, 9.17) is 0 Å². The second-order valence-corrected chi connectivity index (χ2v) is 5.79. The molecule has 2 fully saturated rings. The summed E-state index contributed by atoms with van der Waals surface area (Å²) in [7, 11) is 2.05. The number of nitrogens with one attached hydrogen (secondary N) is 1. The fraction of sp³-hybridized carbons (Fsp3) is 0.786. The van der Waals surface area contributed by atoms with E-state index in [1.165, 1.54) is 32.1 Å². The first-order chi connectivity index (χ1) is 8.79. The van der Waals surface area contributed by atoms with Gasteiger partial charge in [0.1, 0.15) is 0 Å². The van der Waals surface area contributed by atoms with Gasteiger partial charge < -0.3 is 5.32 Å². The molecule has 0 spiro atoms. The van der Waals surface area contributed by atoms with E-state index >= 15 is 0 Å². The van der Waals surface area contributed by atoms with Gasteiger partial charge in [0.2, 0.25) is 0 Å². The van der Waals surface area contributed by atoms with Gasteiger partial charge in [0.15, 0.2) is 0 Å². The van der Waals surface area contributed by atoms with Crippen LogP contribution < -0.4 is 11.0 Å². The summed E-state index contributed by atoms with van der Waals surface area (Å²) in [6.07, 6.45) is 11.3. The van der Waals surface area contributed by atoms with E-state index in [-0.39, 0.29) is 5.69 Å². The maximum Gasteiger partial charge on any atom is 0.328 e. The van der Waals surface area contributed by atoms with Crippen LogP contribution in [0.2, 0.25) is 0 Å². The van der Waals surface area contributed by atoms with Gasteiger partial charge in [0.05, 0.1) is 0 Å². The SMILES string of the molecule is CNC1CCCC1CCn1ccn(C2CC2)c1=O. The van der Waals surface area contributed by atoms with E-state index in [1.54, 1.807) is 0 Å². The van der Waals surface area contributed by atoms with Crippen molar-refractivity contribution < 1.29 is 0 Å². The third kappa shape index (κ3) is 2.26. The van der Waals surface area contributed by atoms with Crippen LogP contribution in [0.1, 0.15) is 44.6 Å². The zero-order valence-corrected chi connectivity index (χ0v) is 11.1. The van der Waals surface area contributed by atoms with Crippen LogP contribution in [0.25, 0.3) is 0 Å². The number of hydrogen-bond acceptors (Lipinski definition) is 2. The standard InChI is InChI=1S/C14H23N3O/c1-15-13-4-2-3-11(13)7-8-16-9-10-17(14(16)18)12-5-6-12/h9-13,15H,2-8H2,1H3. The minimum atomic E-state index is 0.191. The Morgan fingerprint density at radius 2 is 2.11 bits per heavy atom. The number of rotatable bonds is 5. The maximum atomic E-state index is 12.1. The fourth-order valence-electron chi connectivity index (χ4n) is 3.30. The van der Waals surface area contributed by atoms with Crippen molar-refractivity contribution in [3.63, 3.8) is 0 Å². The molecule has 0 radical (unpaired) electrons. The number of aromatic nitrogens is 2. The summed E-state index contributed by atoms with van der Waals surface area (Å²) in [4.78, 5) is 12.1. The molecular weight excluding hydrogens is 226 g/mol. The highest BCUT2D eigenvalue weighted by Crippen LogP contribution is 2.33. The summed E-state index contributed by atoms with van der Waals surface area (Å²) in [6, 6.07) is 1.15. The average Bonchev–Trinajstić information content (AvgIpc) is 3.00. The summed E-state index contributed by atoms with van der Waals surface area (Å²) in [5.41, 5.74) is 0.191. The molecule has 100 valence electrons. The minimum Gasteiger partial charge on any atom is -0.317 e. The van der Waals surface area contributed by atoms with E-state index in [2.05, 4.69) is 12.4 Å². The van der Waals surface area contributed by atoms with Gasteiger partial charge in [-0.1, -0.05) is 6.42 Å². The third-order valence-corrected chi connectivity index (χ3v) is 4.58. The molecule has 1 N–H and O–H groups in total. The lowest BCUT2D eigenvalue weighted by atomic mass is 10.00. The van der Waals surface area contributed by atoms with E-state index < -0.39 is 0 Å². The monoisotopic (exact) mass is 249 g/mol. The van der Waals surface area contributed by atoms with E-state index in [1.807, 2.05) is 21.5 Å². The molecule has 0 aliphatic heterocycles. The second-order valence-electron chi connectivity index (χ2n) is 5.79. The van der Waals surface area contributed by atoms with Crippen LogP contribution in [0.5, 0.6) is 0 Å². The summed E-state index contributed by atoms with van der Waals surface area (Å²) in [6.45, 7) is 0.876. The van der Waals surface area contributed by atoms with Crippen LogP contribution in [0.15, 0.2) is 17.2 Å². The molecule has 1 aromatic heterocycles. The summed E-state index contributed by atoms with van der Waals surface area (Å²) in [5.74, 6) is 0.742. The summed E-state index contributed by atoms with van der Waals surface area (Å²) >= 11 is 0. The van der Waals surface area contributed by atoms with Crippen LogP contribution in [0.3, 0.4) is 0 Å². The maximum absolute atomic E-state index is 12.1. The molecule has 2 aliphatic rings. The van der Waals surface area contributed by atoms with Crippen LogP contribution in [-0.4, -0.2) is 22.2 Å². The van der Waals surface area contributed by atoms with Crippen LogP contribution in [-0.2, 0) is 6.54 Å². The van der Waals surface area contributed by atoms with Gasteiger partial charge >= 0.3 is 5.69 Å². The highest BCUT2D eigenvalue weighted by molar-refractivity contribution is 4.91. The lowest BCUT2D eigenvalue weighted by Gasteiger charge is -2.18. The van der Waals surface area contributed by atoms with Crippen LogP contribution in [0, 0.1) is 5.92 Å². The van der Waals surface area contributed by atoms with Crippen molar-refractivity contribution in [1.29, 1.82) is 0 Å². The Balaban J connectivity index is 1.61. The van der Waals surface area contributed by atoms with Crippen LogP contribution >= 0.6 is 0 Å². The Morgan fingerprint density at radius 1 is 1.28 bits per heavy atom. The van der Waals surface area contributed by atoms with Crippen molar-refractivity contribution in [2.75, 3.05) is 7.05 Å². The molecule has 0 saturated heterocycles. The molecule has 2 saturated carbocycles. The highest BCUT2D eigenvalue weighted by Gasteiger charge is 2.27. The summed E-state index contributed by atoms with van der Waals surface area (Å²) in [5, 5.41) is 3.41. The quantitative estimate of drug-likeness (QED) is 0.863. The van der Waals surface area contributed by atoms with Gasteiger partial charge in [-0.25, -0.2) is 4.79 Å². The fourth-order valence-corrected chi connectivity index (χ4v) is 3.30. The Bertz CT molecular complexity index is 458. The van der Waals surface area contributed by atoms with Gasteiger partial charge in [0, 0.05) is 31.0 Å². The number of aryl methyl sites for hydroxylation is 1. The van der Waals surface area contributed by atoms with Crippen molar-refractivity contribution in [3.05, 3.63) is 22.9 Å². The van der Waals surface area contributed by atoms with Gasteiger partial charge in [-0.15, -0.1) is 0 Å². The van der Waals surface area contributed by atoms with E-state index in [0.29, 0.717) is 12.1 Å². The smallest absolute Gasteiger partial charge is 0.317 e. The highest BCUT2D eigenvalue weighted by atomic mass is 16.1. The Morgan fingerprint density at radius 3 is 2.83 bits per heavy atom. The molecule has 4 nitrogen and oxygen atoms in total. The molecule has 1 aromatic rings. The topological polar surface area (TPSA) is 39.0 Å². The van der Waals surface area contributed by atoms with Gasteiger partial charge in [-0.3, -0.25) is 9.13 Å². The lowest BCUT2D eigenvalue weighted by Crippen LogP contribution is -2.31. The molecule has 0 amide bonds. The van der Waals surface area contributed by atoms with Crippen molar-refractivity contribution >= 4 is 0 Å². The van der Waals surface area contributed by atoms with E-state index in [9.17, 15) is 4.79 Å². The molecular formula is C14H23N3O. The molecule has 0 bridgehead atoms. The largest absolute Gasteiger partial charge is 0.328 e. The third-order valence-electron chi connectivity index (χ3n) is 4.58. The first-order valence-corrected chi connectivity index (χ1v) is 7.24. The number of imidazole rings is 1. The van der Waals surface area contributed by atoms with Gasteiger partial charge in [-0.2, -0.15) is 0 Å². The van der Waals surface area contributed by atoms with Crippen LogP contribution in [0.4, 0.5) is 0 Å². The molecule has 3 rings (SSSR count).